The van der Waals surface area contributed by atoms with Crippen LogP contribution in [0, 0.1) is 0 Å². The molecule has 0 rings (SSSR count). The summed E-state index contributed by atoms with van der Waals surface area (Å²) in [5.74, 6) is -0.363. The molecule has 0 amide bonds. The molecule has 0 bridgehead atoms. The van der Waals surface area contributed by atoms with E-state index in [1.165, 1.54) is 26.0 Å². The van der Waals surface area contributed by atoms with Crippen molar-refractivity contribution in [2.24, 2.45) is 0 Å². The van der Waals surface area contributed by atoms with Crippen molar-refractivity contribution in [1.29, 1.82) is 0 Å². The molecule has 11 heavy (non-hydrogen) atoms. The number of aliphatic hydroxyl groups is 1. The van der Waals surface area contributed by atoms with Crippen LogP contribution in [0.25, 0.3) is 0 Å². The van der Waals surface area contributed by atoms with E-state index in [4.69, 9.17) is 5.11 Å². The van der Waals surface area contributed by atoms with Crippen LogP contribution >= 0.6 is 0 Å². The molecule has 0 aliphatic rings. The van der Waals surface area contributed by atoms with E-state index in [-0.39, 0.29) is 5.83 Å². The zero-order valence-corrected chi connectivity index (χ0v) is 6.84. The van der Waals surface area contributed by atoms with E-state index in [0.29, 0.717) is 5.57 Å². The van der Waals surface area contributed by atoms with Crippen LogP contribution in [0.2, 0.25) is 0 Å². The van der Waals surface area contributed by atoms with Crippen molar-refractivity contribution < 1.29 is 9.50 Å². The van der Waals surface area contributed by atoms with Crippen LogP contribution in [0.1, 0.15) is 13.8 Å². The molecule has 1 N–H and O–H groups in total. The Morgan fingerprint density at radius 1 is 1.64 bits per heavy atom. The minimum atomic E-state index is -0.767. The van der Waals surface area contributed by atoms with Gasteiger partial charge in [0, 0.05) is 5.57 Å². The lowest BCUT2D eigenvalue weighted by Gasteiger charge is -2.04. The van der Waals surface area contributed by atoms with Crippen molar-refractivity contribution in [3.05, 3.63) is 36.2 Å². The number of hydrogen-bond donors (Lipinski definition) is 1. The zero-order chi connectivity index (χ0) is 8.85. The molecule has 0 saturated heterocycles. The lowest BCUT2D eigenvalue weighted by atomic mass is 10.1. The summed E-state index contributed by atoms with van der Waals surface area (Å²) in [6, 6.07) is 0. The zero-order valence-electron chi connectivity index (χ0n) is 6.84. The van der Waals surface area contributed by atoms with Crippen LogP contribution in [0.3, 0.4) is 0 Å². The second-order valence-electron chi connectivity index (χ2n) is 2.26. The molecule has 0 aromatic heterocycles. The summed E-state index contributed by atoms with van der Waals surface area (Å²) in [6.07, 6.45) is 3.86. The van der Waals surface area contributed by atoms with E-state index in [1.54, 1.807) is 6.08 Å². The maximum Gasteiger partial charge on any atom is 0.103 e. The maximum atomic E-state index is 12.6. The molecular formula is C9H13FO. The highest BCUT2D eigenvalue weighted by atomic mass is 19.1. The Morgan fingerprint density at radius 3 is 2.45 bits per heavy atom. The average molecular weight is 156 g/mol. The second kappa shape index (κ2) is 4.85. The van der Waals surface area contributed by atoms with Crippen molar-refractivity contribution in [3.63, 3.8) is 0 Å². The molecule has 1 atom stereocenters. The first kappa shape index (κ1) is 10.1. The Kier molecular flexibility index (Phi) is 4.46. The van der Waals surface area contributed by atoms with Crippen molar-refractivity contribution >= 4 is 0 Å². The van der Waals surface area contributed by atoms with E-state index in [0.717, 1.165) is 0 Å². The van der Waals surface area contributed by atoms with Crippen LogP contribution in [-0.4, -0.2) is 11.2 Å². The first-order valence-corrected chi connectivity index (χ1v) is 3.43. The van der Waals surface area contributed by atoms with E-state index in [9.17, 15) is 4.39 Å². The summed E-state index contributed by atoms with van der Waals surface area (Å²) in [6.45, 7) is 6.27. The fourth-order valence-electron chi connectivity index (χ4n) is 0.714. The third-order valence-electron chi connectivity index (χ3n) is 1.26. The highest BCUT2D eigenvalue weighted by Gasteiger charge is 2.04. The van der Waals surface area contributed by atoms with Crippen molar-refractivity contribution in [3.8, 4) is 0 Å². The molecule has 0 aliphatic carbocycles. The molecule has 0 radical (unpaired) electrons. The summed E-state index contributed by atoms with van der Waals surface area (Å²) >= 11 is 0. The SMILES string of the molecule is C=C/C=C\C(=C(/C)F)C(C)O. The third-order valence-corrected chi connectivity index (χ3v) is 1.26. The number of rotatable bonds is 3. The normalized spacial score (nSPS) is 16.4. The van der Waals surface area contributed by atoms with Gasteiger partial charge in [0.25, 0.3) is 0 Å². The second-order valence-corrected chi connectivity index (χ2v) is 2.26. The van der Waals surface area contributed by atoms with Crippen LogP contribution < -0.4 is 0 Å². The fourth-order valence-corrected chi connectivity index (χ4v) is 0.714. The van der Waals surface area contributed by atoms with Gasteiger partial charge < -0.3 is 5.11 Å². The number of hydrogen-bond acceptors (Lipinski definition) is 1. The van der Waals surface area contributed by atoms with Gasteiger partial charge in [-0.25, -0.2) is 4.39 Å². The van der Waals surface area contributed by atoms with E-state index in [1.807, 2.05) is 0 Å². The van der Waals surface area contributed by atoms with E-state index >= 15 is 0 Å². The Morgan fingerprint density at radius 2 is 2.18 bits per heavy atom. The molecule has 62 valence electrons. The van der Waals surface area contributed by atoms with Gasteiger partial charge >= 0.3 is 0 Å². The standard InChI is InChI=1S/C9H13FO/c1-4-5-6-9(7(2)10)8(3)11/h4-6,8,11H,1H2,2-3H3/b6-5-,9-7-. The quantitative estimate of drug-likeness (QED) is 0.622. The molecule has 0 heterocycles. The monoisotopic (exact) mass is 156 g/mol. The average Bonchev–Trinajstić information content (AvgIpc) is 1.87. The molecule has 0 aromatic carbocycles. The van der Waals surface area contributed by atoms with Crippen molar-refractivity contribution in [2.75, 3.05) is 0 Å². The Hall–Kier alpha value is -0.890. The van der Waals surface area contributed by atoms with Crippen molar-refractivity contribution in [2.45, 2.75) is 20.0 Å². The number of halogens is 1. The van der Waals surface area contributed by atoms with Gasteiger partial charge in [0.05, 0.1) is 6.10 Å². The molecule has 0 aliphatic heterocycles. The first-order chi connectivity index (χ1) is 5.09. The van der Waals surface area contributed by atoms with Crippen LogP contribution in [0.4, 0.5) is 4.39 Å². The first-order valence-electron chi connectivity index (χ1n) is 3.43. The highest BCUT2D eigenvalue weighted by Crippen LogP contribution is 2.11. The minimum absolute atomic E-state index is 0.296. The summed E-state index contributed by atoms with van der Waals surface area (Å²) in [5.41, 5.74) is 0.296. The Bertz CT molecular complexity index is 186. The molecule has 0 fully saturated rings. The van der Waals surface area contributed by atoms with Gasteiger partial charge in [-0.1, -0.05) is 24.8 Å². The predicted octanol–water partition coefficient (Wildman–Crippen LogP) is 2.35. The lowest BCUT2D eigenvalue weighted by Crippen LogP contribution is -2.03. The minimum Gasteiger partial charge on any atom is -0.389 e. The van der Waals surface area contributed by atoms with Gasteiger partial charge in [0.1, 0.15) is 5.83 Å². The molecule has 1 nitrogen and oxygen atoms in total. The topological polar surface area (TPSA) is 20.2 Å². The summed E-state index contributed by atoms with van der Waals surface area (Å²) in [5, 5.41) is 9.03. The molecular weight excluding hydrogens is 143 g/mol. The molecule has 0 saturated carbocycles. The highest BCUT2D eigenvalue weighted by molar-refractivity contribution is 5.26. The summed E-state index contributed by atoms with van der Waals surface area (Å²) in [7, 11) is 0. The molecule has 0 spiro atoms. The van der Waals surface area contributed by atoms with Gasteiger partial charge in [0.2, 0.25) is 0 Å². The summed E-state index contributed by atoms with van der Waals surface area (Å²) in [4.78, 5) is 0. The van der Waals surface area contributed by atoms with Crippen molar-refractivity contribution in [1.82, 2.24) is 0 Å². The molecule has 0 aromatic rings. The van der Waals surface area contributed by atoms with Crippen LogP contribution in [0.5, 0.6) is 0 Å². The van der Waals surface area contributed by atoms with Crippen LogP contribution in [-0.2, 0) is 0 Å². The maximum absolute atomic E-state index is 12.6. The number of allylic oxidation sites excluding steroid dienone is 3. The van der Waals surface area contributed by atoms with E-state index < -0.39 is 6.10 Å². The number of aliphatic hydroxyl groups excluding tert-OH is 1. The molecule has 1 unspecified atom stereocenters. The third kappa shape index (κ3) is 3.73. The largest absolute Gasteiger partial charge is 0.389 e. The molecule has 2 heteroatoms. The van der Waals surface area contributed by atoms with Gasteiger partial charge in [-0.3, -0.25) is 0 Å². The lowest BCUT2D eigenvalue weighted by molar-refractivity contribution is 0.231. The Balaban J connectivity index is 4.50. The van der Waals surface area contributed by atoms with Crippen LogP contribution in [0.15, 0.2) is 36.2 Å². The Labute approximate surface area is 66.5 Å². The van der Waals surface area contributed by atoms with Gasteiger partial charge in [0.15, 0.2) is 0 Å². The summed E-state index contributed by atoms with van der Waals surface area (Å²) < 4.78 is 12.6. The predicted molar refractivity (Wildman–Crippen MR) is 44.8 cm³/mol. The van der Waals surface area contributed by atoms with Gasteiger partial charge in [-0.2, -0.15) is 0 Å². The smallest absolute Gasteiger partial charge is 0.103 e. The van der Waals surface area contributed by atoms with Gasteiger partial charge in [-0.05, 0) is 13.8 Å². The fraction of sp³-hybridized carbons (Fsp3) is 0.333. The van der Waals surface area contributed by atoms with Gasteiger partial charge in [-0.15, -0.1) is 0 Å². The van der Waals surface area contributed by atoms with E-state index in [2.05, 4.69) is 6.58 Å².